The number of methoxy groups -OCH3 is 1. The fourth-order valence-corrected chi connectivity index (χ4v) is 2.46. The molecule has 2 N–H and O–H groups in total. The summed E-state index contributed by atoms with van der Waals surface area (Å²) >= 11 is 0. The lowest BCUT2D eigenvalue weighted by molar-refractivity contribution is -0.152. The second-order valence-corrected chi connectivity index (χ2v) is 6.45. The van der Waals surface area contributed by atoms with Crippen LogP contribution in [0.15, 0.2) is 48.5 Å². The molecular formula is C21H25N3O5. The molecule has 2 aromatic rings. The number of benzene rings is 2. The number of hydrogen-bond donors (Lipinski definition) is 2. The molecule has 0 aliphatic carbocycles. The van der Waals surface area contributed by atoms with Crippen molar-refractivity contribution < 1.29 is 23.9 Å². The van der Waals surface area contributed by atoms with Crippen molar-refractivity contribution in [3.63, 3.8) is 0 Å². The van der Waals surface area contributed by atoms with Crippen molar-refractivity contribution in [2.75, 3.05) is 38.0 Å². The number of nitrogens with one attached hydrogen (secondary N) is 2. The van der Waals surface area contributed by atoms with Gasteiger partial charge >= 0.3 is 5.97 Å². The minimum atomic E-state index is -1.01. The molecule has 0 aliphatic heterocycles. The van der Waals surface area contributed by atoms with Crippen molar-refractivity contribution in [2.24, 2.45) is 0 Å². The lowest BCUT2D eigenvalue weighted by Gasteiger charge is -2.15. The molecule has 0 saturated heterocycles. The van der Waals surface area contributed by atoms with E-state index in [1.54, 1.807) is 36.4 Å². The van der Waals surface area contributed by atoms with Crippen LogP contribution < -0.4 is 20.3 Å². The summed E-state index contributed by atoms with van der Waals surface area (Å²) in [5, 5.41) is 5.13. The van der Waals surface area contributed by atoms with E-state index < -0.39 is 23.9 Å². The van der Waals surface area contributed by atoms with Crippen LogP contribution in [-0.2, 0) is 14.3 Å². The van der Waals surface area contributed by atoms with E-state index in [1.165, 1.54) is 14.0 Å². The van der Waals surface area contributed by atoms with Gasteiger partial charge in [-0.2, -0.15) is 0 Å². The van der Waals surface area contributed by atoms with Gasteiger partial charge in [-0.15, -0.1) is 0 Å². The van der Waals surface area contributed by atoms with E-state index in [0.29, 0.717) is 17.0 Å². The van der Waals surface area contributed by atoms with E-state index in [9.17, 15) is 14.4 Å². The van der Waals surface area contributed by atoms with Gasteiger partial charge in [-0.05, 0) is 43.3 Å². The van der Waals surface area contributed by atoms with E-state index in [2.05, 4.69) is 10.6 Å². The Labute approximate surface area is 169 Å². The predicted octanol–water partition coefficient (Wildman–Crippen LogP) is 2.06. The van der Waals surface area contributed by atoms with Crippen molar-refractivity contribution >= 4 is 29.2 Å². The highest BCUT2D eigenvalue weighted by Crippen LogP contribution is 2.17. The Morgan fingerprint density at radius 1 is 1.03 bits per heavy atom. The Kier molecular flexibility index (Phi) is 7.59. The number of esters is 1. The molecule has 8 heteroatoms. The van der Waals surface area contributed by atoms with Gasteiger partial charge in [0.25, 0.3) is 11.8 Å². The molecule has 2 amide bonds. The van der Waals surface area contributed by atoms with Crippen LogP contribution in [0.3, 0.4) is 0 Å². The molecule has 0 bridgehead atoms. The van der Waals surface area contributed by atoms with Gasteiger partial charge in [0.2, 0.25) is 0 Å². The second-order valence-electron chi connectivity index (χ2n) is 6.45. The van der Waals surface area contributed by atoms with E-state index in [1.807, 2.05) is 31.1 Å². The Bertz CT molecular complexity index is 865. The summed E-state index contributed by atoms with van der Waals surface area (Å²) in [6.45, 7) is 1.09. The van der Waals surface area contributed by atoms with Crippen LogP contribution in [0.5, 0.6) is 5.75 Å². The number of rotatable bonds is 8. The summed E-state index contributed by atoms with van der Waals surface area (Å²) in [6, 6.07) is 13.9. The van der Waals surface area contributed by atoms with Gasteiger partial charge in [0.05, 0.1) is 12.7 Å². The maximum atomic E-state index is 12.2. The number of para-hydroxylation sites is 1. The maximum Gasteiger partial charge on any atom is 0.326 e. The molecule has 0 heterocycles. The second kappa shape index (κ2) is 10.1. The van der Waals surface area contributed by atoms with Crippen molar-refractivity contribution in [2.45, 2.75) is 13.0 Å². The number of hydrogen-bond acceptors (Lipinski definition) is 6. The molecule has 0 unspecified atom stereocenters. The fraction of sp³-hybridized carbons (Fsp3) is 0.286. The number of carbonyl (C=O) groups excluding carboxylic acids is 3. The average molecular weight is 399 g/mol. The molecule has 2 rings (SSSR count). The van der Waals surface area contributed by atoms with Crippen molar-refractivity contribution in [1.29, 1.82) is 0 Å². The maximum absolute atomic E-state index is 12.2. The van der Waals surface area contributed by atoms with Gasteiger partial charge in [0.15, 0.2) is 6.10 Å². The van der Waals surface area contributed by atoms with Crippen LogP contribution in [0.25, 0.3) is 0 Å². The molecular weight excluding hydrogens is 374 g/mol. The molecule has 0 spiro atoms. The highest BCUT2D eigenvalue weighted by molar-refractivity contribution is 5.99. The van der Waals surface area contributed by atoms with Crippen molar-refractivity contribution in [3.05, 3.63) is 54.1 Å². The highest BCUT2D eigenvalue weighted by atomic mass is 16.5. The standard InChI is InChI=1S/C21H25N3O5/c1-14(20(26)23-15-9-11-16(12-10-15)24(2)3)29-19(25)13-22-21(27)17-7-5-6-8-18(17)28-4/h5-12,14H,13H2,1-4H3,(H,22,27)(H,23,26)/t14-/m1/s1. The van der Waals surface area contributed by atoms with Gasteiger partial charge in [-0.3, -0.25) is 14.4 Å². The number of anilines is 2. The summed E-state index contributed by atoms with van der Waals surface area (Å²) in [4.78, 5) is 38.3. The third-order valence-corrected chi connectivity index (χ3v) is 4.07. The average Bonchev–Trinajstić information content (AvgIpc) is 2.72. The SMILES string of the molecule is COc1ccccc1C(=O)NCC(=O)O[C@H](C)C(=O)Nc1ccc(N(C)C)cc1. The van der Waals surface area contributed by atoms with Gasteiger partial charge in [-0.25, -0.2) is 0 Å². The van der Waals surface area contributed by atoms with E-state index in [-0.39, 0.29) is 6.54 Å². The Morgan fingerprint density at radius 3 is 2.31 bits per heavy atom. The molecule has 8 nitrogen and oxygen atoms in total. The minimum Gasteiger partial charge on any atom is -0.496 e. The van der Waals surface area contributed by atoms with Crippen LogP contribution in [0, 0.1) is 0 Å². The zero-order valence-electron chi connectivity index (χ0n) is 16.9. The molecule has 0 aromatic heterocycles. The first-order valence-electron chi connectivity index (χ1n) is 9.00. The number of amides is 2. The molecule has 0 saturated carbocycles. The summed E-state index contributed by atoms with van der Waals surface area (Å²) in [5.41, 5.74) is 1.89. The molecule has 0 fully saturated rings. The largest absolute Gasteiger partial charge is 0.496 e. The van der Waals surface area contributed by atoms with Gasteiger partial charge in [0.1, 0.15) is 12.3 Å². The van der Waals surface area contributed by atoms with E-state index in [0.717, 1.165) is 5.69 Å². The molecule has 1 atom stereocenters. The van der Waals surface area contributed by atoms with Gasteiger partial charge in [0, 0.05) is 25.5 Å². The molecule has 29 heavy (non-hydrogen) atoms. The van der Waals surface area contributed by atoms with Gasteiger partial charge < -0.3 is 25.0 Å². The van der Waals surface area contributed by atoms with Crippen LogP contribution in [-0.4, -0.2) is 51.6 Å². The normalized spacial score (nSPS) is 11.2. The minimum absolute atomic E-state index is 0.301. The predicted molar refractivity (Wildman–Crippen MR) is 110 cm³/mol. The van der Waals surface area contributed by atoms with E-state index in [4.69, 9.17) is 9.47 Å². The van der Waals surface area contributed by atoms with Crippen molar-refractivity contribution in [3.8, 4) is 5.75 Å². The quantitative estimate of drug-likeness (QED) is 0.660. The lowest BCUT2D eigenvalue weighted by atomic mass is 10.2. The first-order valence-corrected chi connectivity index (χ1v) is 9.00. The summed E-state index contributed by atoms with van der Waals surface area (Å²) in [7, 11) is 5.29. The Balaban J connectivity index is 1.83. The van der Waals surface area contributed by atoms with Gasteiger partial charge in [-0.1, -0.05) is 12.1 Å². The topological polar surface area (TPSA) is 97.0 Å². The summed E-state index contributed by atoms with van der Waals surface area (Å²) in [6.07, 6.45) is -1.01. The number of ether oxygens (including phenoxy) is 2. The summed E-state index contributed by atoms with van der Waals surface area (Å²) < 4.78 is 10.2. The van der Waals surface area contributed by atoms with Crippen LogP contribution in [0.4, 0.5) is 11.4 Å². The smallest absolute Gasteiger partial charge is 0.326 e. The van der Waals surface area contributed by atoms with Crippen molar-refractivity contribution in [1.82, 2.24) is 5.32 Å². The first kappa shape index (κ1) is 21.7. The monoisotopic (exact) mass is 399 g/mol. The first-order chi connectivity index (χ1) is 13.8. The number of carbonyl (C=O) groups is 3. The van der Waals surface area contributed by atoms with Crippen LogP contribution >= 0.6 is 0 Å². The van der Waals surface area contributed by atoms with Crippen LogP contribution in [0.2, 0.25) is 0 Å². The molecule has 154 valence electrons. The lowest BCUT2D eigenvalue weighted by Crippen LogP contribution is -2.36. The zero-order chi connectivity index (χ0) is 21.4. The Morgan fingerprint density at radius 2 is 1.69 bits per heavy atom. The van der Waals surface area contributed by atoms with Crippen LogP contribution in [0.1, 0.15) is 17.3 Å². The summed E-state index contributed by atoms with van der Waals surface area (Å²) in [5.74, 6) is -1.27. The molecule has 2 aromatic carbocycles. The Hall–Kier alpha value is -3.55. The zero-order valence-corrected chi connectivity index (χ0v) is 16.9. The fourth-order valence-electron chi connectivity index (χ4n) is 2.46. The van der Waals surface area contributed by atoms with E-state index >= 15 is 0 Å². The third kappa shape index (κ3) is 6.24. The number of nitrogens with zero attached hydrogens (tertiary/aromatic N) is 1. The highest BCUT2D eigenvalue weighted by Gasteiger charge is 2.19. The third-order valence-electron chi connectivity index (χ3n) is 4.07. The molecule has 0 aliphatic rings. The molecule has 0 radical (unpaired) electrons.